The zero-order chi connectivity index (χ0) is 12.6. The number of pyridine rings is 1. The average molecular weight is 264 g/mol. The van der Waals surface area contributed by atoms with Gasteiger partial charge in [0.05, 0.1) is 17.2 Å². The van der Waals surface area contributed by atoms with Gasteiger partial charge in [-0.25, -0.2) is 13.4 Å². The Hall–Kier alpha value is -1.36. The minimum atomic E-state index is -2.82. The largest absolute Gasteiger partial charge is 0.307 e. The van der Waals surface area contributed by atoms with Gasteiger partial charge in [0.1, 0.15) is 5.65 Å². The third-order valence-electron chi connectivity index (χ3n) is 3.47. The van der Waals surface area contributed by atoms with Gasteiger partial charge in [-0.05, 0) is 37.3 Å². The van der Waals surface area contributed by atoms with E-state index in [-0.39, 0.29) is 5.92 Å². The predicted molar refractivity (Wildman–Crippen MR) is 70.3 cm³/mol. The number of hydrogen-bond donors (Lipinski definition) is 0. The standard InChI is InChI=1S/C13H16N2O2S/c16-18(17)7-3-4-11(10-18)8-12-9-15-6-2-1-5-13(15)14-12/h1-2,5-6,9,11H,3-4,7-8,10H2. The molecule has 1 atom stereocenters. The highest BCUT2D eigenvalue weighted by molar-refractivity contribution is 7.91. The summed E-state index contributed by atoms with van der Waals surface area (Å²) in [6.07, 6.45) is 6.51. The van der Waals surface area contributed by atoms with Crippen LogP contribution in [0.1, 0.15) is 18.5 Å². The number of sulfone groups is 1. The molecule has 1 aliphatic heterocycles. The van der Waals surface area contributed by atoms with Crippen LogP contribution >= 0.6 is 0 Å². The van der Waals surface area contributed by atoms with E-state index in [1.807, 2.05) is 35.0 Å². The Labute approximate surface area is 107 Å². The van der Waals surface area contributed by atoms with Crippen LogP contribution in [0.5, 0.6) is 0 Å². The smallest absolute Gasteiger partial charge is 0.150 e. The van der Waals surface area contributed by atoms with Gasteiger partial charge in [0.2, 0.25) is 0 Å². The van der Waals surface area contributed by atoms with E-state index < -0.39 is 9.84 Å². The molecule has 3 rings (SSSR count). The Morgan fingerprint density at radius 3 is 3.06 bits per heavy atom. The van der Waals surface area contributed by atoms with Crippen LogP contribution in [0.3, 0.4) is 0 Å². The highest BCUT2D eigenvalue weighted by atomic mass is 32.2. The maximum absolute atomic E-state index is 11.6. The van der Waals surface area contributed by atoms with Crippen molar-refractivity contribution in [3.63, 3.8) is 0 Å². The summed E-state index contributed by atoms with van der Waals surface area (Å²) in [4.78, 5) is 4.52. The summed E-state index contributed by atoms with van der Waals surface area (Å²) in [6, 6.07) is 5.88. The van der Waals surface area contributed by atoms with Crippen LogP contribution in [0, 0.1) is 5.92 Å². The van der Waals surface area contributed by atoms with Gasteiger partial charge in [0, 0.05) is 12.4 Å². The van der Waals surface area contributed by atoms with Gasteiger partial charge in [-0.1, -0.05) is 6.07 Å². The molecule has 2 aromatic heterocycles. The Morgan fingerprint density at radius 2 is 2.28 bits per heavy atom. The lowest BCUT2D eigenvalue weighted by atomic mass is 10.00. The second kappa shape index (κ2) is 4.39. The van der Waals surface area contributed by atoms with Crippen molar-refractivity contribution < 1.29 is 8.42 Å². The lowest BCUT2D eigenvalue weighted by Crippen LogP contribution is -2.26. The Bertz CT molecular complexity index is 627. The minimum absolute atomic E-state index is 0.230. The molecule has 1 aliphatic rings. The van der Waals surface area contributed by atoms with Crippen molar-refractivity contribution in [1.82, 2.24) is 9.38 Å². The van der Waals surface area contributed by atoms with Crippen molar-refractivity contribution in [1.29, 1.82) is 0 Å². The number of nitrogens with zero attached hydrogens (tertiary/aromatic N) is 2. The lowest BCUT2D eigenvalue weighted by Gasteiger charge is -2.20. The van der Waals surface area contributed by atoms with Crippen LogP contribution in [0.4, 0.5) is 0 Å². The molecule has 1 saturated heterocycles. The molecule has 96 valence electrons. The molecule has 3 heterocycles. The van der Waals surface area contributed by atoms with Gasteiger partial charge in [-0.2, -0.15) is 0 Å². The first-order chi connectivity index (χ1) is 8.62. The topological polar surface area (TPSA) is 51.4 Å². The van der Waals surface area contributed by atoms with E-state index in [0.29, 0.717) is 11.5 Å². The molecular weight excluding hydrogens is 248 g/mol. The van der Waals surface area contributed by atoms with Crippen LogP contribution < -0.4 is 0 Å². The molecule has 5 heteroatoms. The molecule has 0 aromatic carbocycles. The van der Waals surface area contributed by atoms with E-state index in [2.05, 4.69) is 4.98 Å². The monoisotopic (exact) mass is 264 g/mol. The quantitative estimate of drug-likeness (QED) is 0.829. The highest BCUT2D eigenvalue weighted by Gasteiger charge is 2.25. The van der Waals surface area contributed by atoms with Gasteiger partial charge in [-0.3, -0.25) is 0 Å². The summed E-state index contributed by atoms with van der Waals surface area (Å²) in [7, 11) is -2.82. The van der Waals surface area contributed by atoms with E-state index in [0.717, 1.165) is 30.6 Å². The number of hydrogen-bond acceptors (Lipinski definition) is 3. The van der Waals surface area contributed by atoms with E-state index in [4.69, 9.17) is 0 Å². The predicted octanol–water partition coefficient (Wildman–Crippen LogP) is 1.70. The molecule has 0 bridgehead atoms. The van der Waals surface area contributed by atoms with Crippen molar-refractivity contribution in [2.24, 2.45) is 5.92 Å². The Balaban J connectivity index is 1.80. The maximum atomic E-state index is 11.6. The van der Waals surface area contributed by atoms with Gasteiger partial charge >= 0.3 is 0 Å². The molecule has 4 nitrogen and oxygen atoms in total. The SMILES string of the molecule is O=S1(=O)CCCC(Cc2cn3ccccc3n2)C1. The normalized spacial score (nSPS) is 23.2. The van der Waals surface area contributed by atoms with E-state index in [1.54, 1.807) is 0 Å². The Morgan fingerprint density at radius 1 is 1.39 bits per heavy atom. The number of fused-ring (bicyclic) bond motifs is 1. The molecule has 0 saturated carbocycles. The molecule has 0 aliphatic carbocycles. The van der Waals surface area contributed by atoms with E-state index in [1.165, 1.54) is 0 Å². The summed E-state index contributed by atoms with van der Waals surface area (Å²) >= 11 is 0. The highest BCUT2D eigenvalue weighted by Crippen LogP contribution is 2.22. The van der Waals surface area contributed by atoms with Gasteiger partial charge < -0.3 is 4.40 Å². The molecular formula is C13H16N2O2S. The molecule has 0 radical (unpaired) electrons. The van der Waals surface area contributed by atoms with Crippen molar-refractivity contribution in [2.45, 2.75) is 19.3 Å². The third kappa shape index (κ3) is 2.41. The number of imidazole rings is 1. The molecule has 18 heavy (non-hydrogen) atoms. The zero-order valence-corrected chi connectivity index (χ0v) is 10.9. The molecule has 1 unspecified atom stereocenters. The third-order valence-corrected chi connectivity index (χ3v) is 5.36. The summed E-state index contributed by atoms with van der Waals surface area (Å²) in [5.41, 5.74) is 1.91. The second-order valence-electron chi connectivity index (χ2n) is 5.03. The van der Waals surface area contributed by atoms with Crippen molar-refractivity contribution in [3.05, 3.63) is 36.3 Å². The van der Waals surface area contributed by atoms with Crippen LogP contribution in [-0.4, -0.2) is 29.3 Å². The summed E-state index contributed by atoms with van der Waals surface area (Å²) in [5, 5.41) is 0. The first kappa shape index (κ1) is 11.7. The molecule has 0 N–H and O–H groups in total. The molecule has 2 aromatic rings. The summed E-state index contributed by atoms with van der Waals surface area (Å²) in [5.74, 6) is 0.906. The van der Waals surface area contributed by atoms with Crippen LogP contribution in [0.15, 0.2) is 30.6 Å². The fourth-order valence-corrected chi connectivity index (χ4v) is 4.44. The fourth-order valence-electron chi connectivity index (χ4n) is 2.66. The van der Waals surface area contributed by atoms with Crippen molar-refractivity contribution in [2.75, 3.05) is 11.5 Å². The summed E-state index contributed by atoms with van der Waals surface area (Å²) < 4.78 is 25.2. The second-order valence-corrected chi connectivity index (χ2v) is 7.25. The summed E-state index contributed by atoms with van der Waals surface area (Å²) in [6.45, 7) is 0. The van der Waals surface area contributed by atoms with Crippen LogP contribution in [0.25, 0.3) is 5.65 Å². The average Bonchev–Trinajstić information content (AvgIpc) is 2.69. The fraction of sp³-hybridized carbons (Fsp3) is 0.462. The van der Waals surface area contributed by atoms with Gasteiger partial charge in [0.15, 0.2) is 9.84 Å². The first-order valence-corrected chi connectivity index (χ1v) is 8.07. The molecule has 1 fully saturated rings. The van der Waals surface area contributed by atoms with E-state index in [9.17, 15) is 8.42 Å². The zero-order valence-electron chi connectivity index (χ0n) is 10.1. The van der Waals surface area contributed by atoms with Crippen molar-refractivity contribution in [3.8, 4) is 0 Å². The maximum Gasteiger partial charge on any atom is 0.150 e. The number of aromatic nitrogens is 2. The first-order valence-electron chi connectivity index (χ1n) is 6.25. The van der Waals surface area contributed by atoms with Gasteiger partial charge in [-0.15, -0.1) is 0 Å². The molecule has 0 spiro atoms. The van der Waals surface area contributed by atoms with Crippen LogP contribution in [-0.2, 0) is 16.3 Å². The molecule has 0 amide bonds. The Kier molecular flexibility index (Phi) is 2.86. The minimum Gasteiger partial charge on any atom is -0.307 e. The lowest BCUT2D eigenvalue weighted by molar-refractivity contribution is 0.480. The number of rotatable bonds is 2. The van der Waals surface area contributed by atoms with Crippen LogP contribution in [0.2, 0.25) is 0 Å². The van der Waals surface area contributed by atoms with Gasteiger partial charge in [0.25, 0.3) is 0 Å². The van der Waals surface area contributed by atoms with Crippen molar-refractivity contribution >= 4 is 15.5 Å². The van der Waals surface area contributed by atoms with E-state index >= 15 is 0 Å².